The number of rotatable bonds is 2. The monoisotopic (exact) mass is 233 g/mol. The molecule has 2 atom stereocenters. The molecule has 0 spiro atoms. The Hall–Kier alpha value is -0.430. The van der Waals surface area contributed by atoms with Crippen LogP contribution < -0.4 is 5.73 Å². The van der Waals surface area contributed by atoms with Gasteiger partial charge in [-0.05, 0) is 12.8 Å². The molecule has 7 heteroatoms. The van der Waals surface area contributed by atoms with Crippen molar-refractivity contribution >= 4 is 0 Å². The van der Waals surface area contributed by atoms with Crippen molar-refractivity contribution in [1.82, 2.24) is 0 Å². The maximum absolute atomic E-state index is 12.8. The molecule has 2 N–H and O–H groups in total. The van der Waals surface area contributed by atoms with Gasteiger partial charge in [0.25, 0.3) is 0 Å². The van der Waals surface area contributed by atoms with Gasteiger partial charge in [0.05, 0.1) is 12.6 Å². The van der Waals surface area contributed by atoms with Crippen LogP contribution in [-0.4, -0.2) is 31.4 Å². The summed E-state index contributed by atoms with van der Waals surface area (Å²) in [4.78, 5) is 0. The van der Waals surface area contributed by atoms with Crippen LogP contribution in [0.4, 0.5) is 22.0 Å². The van der Waals surface area contributed by atoms with Gasteiger partial charge in [0, 0.05) is 12.5 Å². The summed E-state index contributed by atoms with van der Waals surface area (Å²) >= 11 is 0. The molecule has 0 amide bonds. The topological polar surface area (TPSA) is 35.2 Å². The zero-order valence-corrected chi connectivity index (χ0v) is 7.86. The first-order chi connectivity index (χ1) is 6.77. The van der Waals surface area contributed by atoms with Crippen LogP contribution in [0.2, 0.25) is 0 Å². The smallest absolute Gasteiger partial charge is 0.381 e. The van der Waals surface area contributed by atoms with Gasteiger partial charge in [0.1, 0.15) is 0 Å². The van der Waals surface area contributed by atoms with Crippen LogP contribution in [0, 0.1) is 5.92 Å². The van der Waals surface area contributed by atoms with Gasteiger partial charge in [0.2, 0.25) is 0 Å². The fourth-order valence-corrected chi connectivity index (χ4v) is 1.53. The van der Waals surface area contributed by atoms with E-state index in [0.717, 1.165) is 0 Å². The second-order valence-electron chi connectivity index (χ2n) is 3.62. The van der Waals surface area contributed by atoms with Crippen molar-refractivity contribution in [3.63, 3.8) is 0 Å². The van der Waals surface area contributed by atoms with E-state index in [1.807, 2.05) is 0 Å². The van der Waals surface area contributed by atoms with Crippen molar-refractivity contribution < 1.29 is 26.7 Å². The highest BCUT2D eigenvalue weighted by Gasteiger charge is 2.62. The van der Waals surface area contributed by atoms with E-state index in [1.54, 1.807) is 0 Å². The second kappa shape index (κ2) is 4.21. The molecule has 0 aliphatic carbocycles. The predicted molar refractivity (Wildman–Crippen MR) is 42.5 cm³/mol. The fraction of sp³-hybridized carbons (Fsp3) is 1.00. The summed E-state index contributed by atoms with van der Waals surface area (Å²) in [6, 6.07) is -2.22. The van der Waals surface area contributed by atoms with Gasteiger partial charge in [-0.3, -0.25) is 0 Å². The minimum atomic E-state index is -5.59. The molecule has 15 heavy (non-hydrogen) atoms. The highest BCUT2D eigenvalue weighted by atomic mass is 19.4. The van der Waals surface area contributed by atoms with E-state index in [2.05, 4.69) is 0 Å². The molecule has 0 saturated carbocycles. The summed E-state index contributed by atoms with van der Waals surface area (Å²) < 4.78 is 66.3. The molecule has 0 aromatic carbocycles. The zero-order chi connectivity index (χ0) is 11.7. The van der Waals surface area contributed by atoms with E-state index < -0.39 is 24.1 Å². The molecule has 1 aliphatic heterocycles. The third kappa shape index (κ3) is 2.57. The molecule has 1 fully saturated rings. The molecule has 0 bridgehead atoms. The lowest BCUT2D eigenvalue weighted by atomic mass is 9.90. The maximum atomic E-state index is 12.8. The van der Waals surface area contributed by atoms with E-state index >= 15 is 0 Å². The van der Waals surface area contributed by atoms with Crippen LogP contribution in [0.15, 0.2) is 0 Å². The minimum Gasteiger partial charge on any atom is -0.381 e. The lowest BCUT2D eigenvalue weighted by Gasteiger charge is -2.33. The molecule has 0 aromatic heterocycles. The molecule has 2 nitrogen and oxygen atoms in total. The maximum Gasteiger partial charge on any atom is 0.454 e. The Morgan fingerprint density at radius 3 is 2.20 bits per heavy atom. The third-order valence-electron chi connectivity index (χ3n) is 2.50. The Bertz CT molecular complexity index is 212. The number of halogens is 5. The molecule has 0 aromatic rings. The van der Waals surface area contributed by atoms with Gasteiger partial charge in [-0.15, -0.1) is 0 Å². The average molecular weight is 233 g/mol. The molecule has 1 heterocycles. The first-order valence-corrected chi connectivity index (χ1v) is 4.54. The first kappa shape index (κ1) is 12.6. The van der Waals surface area contributed by atoms with Crippen LogP contribution in [0.1, 0.15) is 12.8 Å². The van der Waals surface area contributed by atoms with Crippen LogP contribution in [-0.2, 0) is 4.74 Å². The molecular formula is C8H12F5NO. The van der Waals surface area contributed by atoms with E-state index in [9.17, 15) is 22.0 Å². The van der Waals surface area contributed by atoms with Gasteiger partial charge in [-0.25, -0.2) is 0 Å². The Kier molecular flexibility index (Phi) is 3.55. The number of hydrogen-bond acceptors (Lipinski definition) is 2. The van der Waals surface area contributed by atoms with Crippen LogP contribution >= 0.6 is 0 Å². The van der Waals surface area contributed by atoms with Gasteiger partial charge < -0.3 is 10.5 Å². The van der Waals surface area contributed by atoms with Crippen molar-refractivity contribution in [2.75, 3.05) is 13.2 Å². The first-order valence-electron chi connectivity index (χ1n) is 4.54. The summed E-state index contributed by atoms with van der Waals surface area (Å²) in [6.07, 6.45) is -4.89. The normalized spacial score (nSPS) is 26.4. The Balaban J connectivity index is 2.69. The quantitative estimate of drug-likeness (QED) is 0.740. The van der Waals surface area contributed by atoms with Crippen LogP contribution in [0.3, 0.4) is 0 Å². The van der Waals surface area contributed by atoms with Crippen molar-refractivity contribution in [2.45, 2.75) is 31.0 Å². The molecule has 90 valence electrons. The lowest BCUT2D eigenvalue weighted by molar-refractivity contribution is -0.295. The van der Waals surface area contributed by atoms with E-state index in [0.29, 0.717) is 13.0 Å². The van der Waals surface area contributed by atoms with Gasteiger partial charge in [-0.2, -0.15) is 22.0 Å². The van der Waals surface area contributed by atoms with Crippen LogP contribution in [0.5, 0.6) is 0 Å². The molecule has 0 radical (unpaired) electrons. The van der Waals surface area contributed by atoms with E-state index in [4.69, 9.17) is 10.5 Å². The highest BCUT2D eigenvalue weighted by molar-refractivity contribution is 4.92. The molecular weight excluding hydrogens is 221 g/mol. The Morgan fingerprint density at radius 2 is 1.80 bits per heavy atom. The average Bonchev–Trinajstić information content (AvgIpc) is 2.16. The van der Waals surface area contributed by atoms with Gasteiger partial charge in [-0.1, -0.05) is 0 Å². The summed E-state index contributed by atoms with van der Waals surface area (Å²) in [5.41, 5.74) is 4.96. The van der Waals surface area contributed by atoms with Crippen molar-refractivity contribution in [2.24, 2.45) is 11.7 Å². The molecule has 1 aliphatic rings. The summed E-state index contributed by atoms with van der Waals surface area (Å²) in [7, 11) is 0. The lowest BCUT2D eigenvalue weighted by Crippen LogP contribution is -2.56. The highest BCUT2D eigenvalue weighted by Crippen LogP contribution is 2.40. The minimum absolute atomic E-state index is 0.132. The van der Waals surface area contributed by atoms with Crippen molar-refractivity contribution in [1.29, 1.82) is 0 Å². The van der Waals surface area contributed by atoms with Crippen molar-refractivity contribution in [3.8, 4) is 0 Å². The summed E-state index contributed by atoms with van der Waals surface area (Å²) in [6.45, 7) is 0.258. The van der Waals surface area contributed by atoms with Crippen molar-refractivity contribution in [3.05, 3.63) is 0 Å². The number of alkyl halides is 5. The number of ether oxygens (including phenoxy) is 1. The van der Waals surface area contributed by atoms with E-state index in [-0.39, 0.29) is 13.0 Å². The summed E-state index contributed by atoms with van der Waals surface area (Å²) in [5.74, 6) is -5.78. The summed E-state index contributed by atoms with van der Waals surface area (Å²) in [5, 5.41) is 0. The number of nitrogens with two attached hydrogens (primary N) is 1. The largest absolute Gasteiger partial charge is 0.454 e. The standard InChI is InChI=1S/C8H12F5NO/c9-7(10,8(11,12)13)6(14)5-2-1-3-15-4-5/h5-6H,1-4,14H2. The SMILES string of the molecule is NC(C1CCCOC1)C(F)(F)C(F)(F)F. The third-order valence-corrected chi connectivity index (χ3v) is 2.50. The molecule has 2 unspecified atom stereocenters. The molecule has 1 rings (SSSR count). The Morgan fingerprint density at radius 1 is 1.20 bits per heavy atom. The fourth-order valence-electron chi connectivity index (χ4n) is 1.53. The van der Waals surface area contributed by atoms with Gasteiger partial charge in [0.15, 0.2) is 0 Å². The zero-order valence-electron chi connectivity index (χ0n) is 7.86. The van der Waals surface area contributed by atoms with Gasteiger partial charge >= 0.3 is 12.1 Å². The van der Waals surface area contributed by atoms with Crippen LogP contribution in [0.25, 0.3) is 0 Å². The number of hydrogen-bond donors (Lipinski definition) is 1. The second-order valence-corrected chi connectivity index (χ2v) is 3.62. The predicted octanol–water partition coefficient (Wildman–Crippen LogP) is 1.94. The van der Waals surface area contributed by atoms with E-state index in [1.165, 1.54) is 0 Å². The molecule has 1 saturated heterocycles. The Labute approximate surface area is 83.6 Å².